The molecule has 0 spiro atoms. The summed E-state index contributed by atoms with van der Waals surface area (Å²) in [6, 6.07) is 0. The molecule has 1 N–H and O–H groups in total. The van der Waals surface area contributed by atoms with E-state index >= 15 is 0 Å². The SMILES string of the molecule is CC(C)(C)CCOCCOCCOCCOCCNC(=O)SCC(C)(C)C(C)(C)C. The van der Waals surface area contributed by atoms with Crippen LogP contribution in [0.15, 0.2) is 0 Å². The van der Waals surface area contributed by atoms with E-state index in [1.165, 1.54) is 11.8 Å². The third-order valence-electron chi connectivity index (χ3n) is 5.22. The summed E-state index contributed by atoms with van der Waals surface area (Å²) in [6.07, 6.45) is 1.05. The Bertz CT molecular complexity index is 444. The first-order valence-electron chi connectivity index (χ1n) is 11.1. The molecule has 7 heteroatoms. The topological polar surface area (TPSA) is 66.0 Å². The minimum absolute atomic E-state index is 0.00621. The molecule has 0 aliphatic rings. The van der Waals surface area contributed by atoms with Crippen molar-refractivity contribution < 1.29 is 23.7 Å². The summed E-state index contributed by atoms with van der Waals surface area (Å²) in [5, 5.41) is 2.89. The molecule has 0 heterocycles. The lowest BCUT2D eigenvalue weighted by Crippen LogP contribution is -2.33. The number of hydrogen-bond donors (Lipinski definition) is 1. The largest absolute Gasteiger partial charge is 0.379 e. The van der Waals surface area contributed by atoms with Crippen LogP contribution in [0.5, 0.6) is 0 Å². The third-order valence-corrected chi connectivity index (χ3v) is 6.50. The van der Waals surface area contributed by atoms with Crippen molar-refractivity contribution in [2.24, 2.45) is 16.2 Å². The Labute approximate surface area is 189 Å². The number of ether oxygens (including phenoxy) is 4. The summed E-state index contributed by atoms with van der Waals surface area (Å²) in [5.74, 6) is 0.794. The van der Waals surface area contributed by atoms with Crippen molar-refractivity contribution in [1.82, 2.24) is 5.32 Å². The fraction of sp³-hybridized carbons (Fsp3) is 0.957. The van der Waals surface area contributed by atoms with Crippen LogP contribution in [-0.2, 0) is 18.9 Å². The van der Waals surface area contributed by atoms with Gasteiger partial charge < -0.3 is 24.3 Å². The van der Waals surface area contributed by atoms with E-state index in [0.29, 0.717) is 58.2 Å². The van der Waals surface area contributed by atoms with Crippen LogP contribution in [0.2, 0.25) is 0 Å². The van der Waals surface area contributed by atoms with Gasteiger partial charge in [-0.3, -0.25) is 4.79 Å². The summed E-state index contributed by atoms with van der Waals surface area (Å²) >= 11 is 1.34. The quantitative estimate of drug-likeness (QED) is 0.334. The van der Waals surface area contributed by atoms with E-state index in [1.54, 1.807) is 0 Å². The Morgan fingerprint density at radius 2 is 1.13 bits per heavy atom. The average molecular weight is 450 g/mol. The molecule has 0 radical (unpaired) electrons. The number of carbonyl (C=O) groups excluding carboxylic acids is 1. The molecule has 0 aliphatic heterocycles. The Kier molecular flexibility index (Phi) is 15.3. The molecule has 0 aromatic carbocycles. The third kappa shape index (κ3) is 17.4. The highest BCUT2D eigenvalue weighted by Gasteiger charge is 2.33. The molecule has 180 valence electrons. The van der Waals surface area contributed by atoms with Crippen LogP contribution in [0, 0.1) is 16.2 Å². The second-order valence-corrected chi connectivity index (χ2v) is 11.3. The highest BCUT2D eigenvalue weighted by Crippen LogP contribution is 2.40. The summed E-state index contributed by atoms with van der Waals surface area (Å²) in [6.45, 7) is 22.8. The van der Waals surface area contributed by atoms with E-state index in [1.807, 2.05) is 0 Å². The smallest absolute Gasteiger partial charge is 0.279 e. The monoisotopic (exact) mass is 449 g/mol. The van der Waals surface area contributed by atoms with Crippen molar-refractivity contribution in [3.63, 3.8) is 0 Å². The van der Waals surface area contributed by atoms with Crippen molar-refractivity contribution >= 4 is 17.0 Å². The number of nitrogens with one attached hydrogen (secondary N) is 1. The van der Waals surface area contributed by atoms with Crippen LogP contribution in [0.25, 0.3) is 0 Å². The van der Waals surface area contributed by atoms with E-state index in [2.05, 4.69) is 60.7 Å². The van der Waals surface area contributed by atoms with E-state index in [-0.39, 0.29) is 16.1 Å². The summed E-state index contributed by atoms with van der Waals surface area (Å²) < 4.78 is 21.9. The maximum Gasteiger partial charge on any atom is 0.279 e. The van der Waals surface area contributed by atoms with Crippen LogP contribution >= 0.6 is 11.8 Å². The predicted octanol–water partition coefficient (Wildman–Crippen LogP) is 5.00. The Morgan fingerprint density at radius 3 is 1.57 bits per heavy atom. The van der Waals surface area contributed by atoms with Gasteiger partial charge in [-0.1, -0.05) is 67.2 Å². The van der Waals surface area contributed by atoms with Gasteiger partial charge in [0.15, 0.2) is 0 Å². The highest BCUT2D eigenvalue weighted by atomic mass is 32.2. The molecule has 1 amide bonds. The molecule has 30 heavy (non-hydrogen) atoms. The number of amides is 1. The van der Waals surface area contributed by atoms with E-state index < -0.39 is 0 Å². The lowest BCUT2D eigenvalue weighted by atomic mass is 9.71. The standard InChI is InChI=1S/C23H47NO5S/c1-21(2,3)9-11-26-13-15-28-17-18-29-16-14-27-12-10-24-20(25)30-19-23(7,8)22(4,5)6/h9-19H2,1-8H3,(H,24,25). The fourth-order valence-electron chi connectivity index (χ4n) is 1.88. The molecule has 0 fully saturated rings. The minimum Gasteiger partial charge on any atom is -0.379 e. The van der Waals surface area contributed by atoms with Gasteiger partial charge in [0, 0.05) is 18.9 Å². The van der Waals surface area contributed by atoms with Crippen molar-refractivity contribution in [2.75, 3.05) is 65.2 Å². The predicted molar refractivity (Wildman–Crippen MR) is 126 cm³/mol. The van der Waals surface area contributed by atoms with Crippen LogP contribution in [-0.4, -0.2) is 70.4 Å². The molecule has 6 nitrogen and oxygen atoms in total. The number of hydrogen-bond acceptors (Lipinski definition) is 6. The van der Waals surface area contributed by atoms with Gasteiger partial charge in [0.05, 0.1) is 46.2 Å². The van der Waals surface area contributed by atoms with E-state index in [0.717, 1.165) is 18.8 Å². The van der Waals surface area contributed by atoms with E-state index in [9.17, 15) is 4.79 Å². The van der Waals surface area contributed by atoms with Gasteiger partial charge in [0.25, 0.3) is 5.24 Å². The Balaban J connectivity index is 3.38. The highest BCUT2D eigenvalue weighted by molar-refractivity contribution is 8.13. The van der Waals surface area contributed by atoms with E-state index in [4.69, 9.17) is 18.9 Å². The van der Waals surface area contributed by atoms with Crippen molar-refractivity contribution in [1.29, 1.82) is 0 Å². The van der Waals surface area contributed by atoms with Gasteiger partial charge in [-0.2, -0.15) is 0 Å². The van der Waals surface area contributed by atoms with Crippen LogP contribution in [0.4, 0.5) is 4.79 Å². The van der Waals surface area contributed by atoms with Crippen molar-refractivity contribution in [2.45, 2.75) is 61.8 Å². The molecule has 0 unspecified atom stereocenters. The number of rotatable bonds is 16. The molecule has 0 saturated carbocycles. The van der Waals surface area contributed by atoms with Gasteiger partial charge in [-0.05, 0) is 22.7 Å². The van der Waals surface area contributed by atoms with Crippen LogP contribution < -0.4 is 5.32 Å². The fourth-order valence-corrected chi connectivity index (χ4v) is 3.01. The zero-order valence-corrected chi connectivity index (χ0v) is 21.5. The average Bonchev–Trinajstić information content (AvgIpc) is 2.61. The number of thioether (sulfide) groups is 1. The first-order valence-corrected chi connectivity index (χ1v) is 12.1. The van der Waals surface area contributed by atoms with Crippen molar-refractivity contribution in [3.8, 4) is 0 Å². The van der Waals surface area contributed by atoms with Gasteiger partial charge in [-0.15, -0.1) is 0 Å². The van der Waals surface area contributed by atoms with Crippen LogP contribution in [0.3, 0.4) is 0 Å². The van der Waals surface area contributed by atoms with Gasteiger partial charge in [0.1, 0.15) is 0 Å². The lowest BCUT2D eigenvalue weighted by molar-refractivity contribution is -0.00355. The Hall–Kier alpha value is -0.340. The number of carbonyl (C=O) groups is 1. The molecule has 0 saturated heterocycles. The molecular formula is C23H47NO5S. The second kappa shape index (κ2) is 15.5. The zero-order chi connectivity index (χ0) is 23.1. The normalized spacial score (nSPS) is 12.9. The maximum atomic E-state index is 11.9. The first kappa shape index (κ1) is 29.7. The molecule has 0 aliphatic carbocycles. The molecule has 0 aromatic heterocycles. The summed E-state index contributed by atoms with van der Waals surface area (Å²) in [4.78, 5) is 11.9. The maximum absolute atomic E-state index is 11.9. The molecule has 0 rings (SSSR count). The van der Waals surface area contributed by atoms with Gasteiger partial charge in [-0.25, -0.2) is 0 Å². The molecular weight excluding hydrogens is 402 g/mol. The van der Waals surface area contributed by atoms with Crippen molar-refractivity contribution in [3.05, 3.63) is 0 Å². The minimum atomic E-state index is 0.00621. The molecule has 0 atom stereocenters. The first-order chi connectivity index (χ1) is 13.9. The molecule has 0 aromatic rings. The van der Waals surface area contributed by atoms with Gasteiger partial charge >= 0.3 is 0 Å². The Morgan fingerprint density at radius 1 is 0.700 bits per heavy atom. The summed E-state index contributed by atoms with van der Waals surface area (Å²) in [5.41, 5.74) is 0.560. The lowest BCUT2D eigenvalue weighted by Gasteiger charge is -2.38. The van der Waals surface area contributed by atoms with Crippen LogP contribution in [0.1, 0.15) is 61.8 Å². The van der Waals surface area contributed by atoms with Gasteiger partial charge in [0.2, 0.25) is 0 Å². The zero-order valence-electron chi connectivity index (χ0n) is 20.7. The summed E-state index contributed by atoms with van der Waals surface area (Å²) in [7, 11) is 0. The molecule has 0 bridgehead atoms. The second-order valence-electron chi connectivity index (χ2n) is 10.4.